The fraction of sp³-hybridized carbons (Fsp3) is 0.385. The summed E-state index contributed by atoms with van der Waals surface area (Å²) in [7, 11) is 0. The molecule has 2 N–H and O–H groups in total. The van der Waals surface area contributed by atoms with Crippen LogP contribution in [-0.4, -0.2) is 18.0 Å². The Kier molecular flexibility index (Phi) is 3.78. The molecule has 0 aliphatic heterocycles. The van der Waals surface area contributed by atoms with Gasteiger partial charge in [0.25, 0.3) is 0 Å². The molecule has 2 rings (SSSR count). The first-order valence-corrected chi connectivity index (χ1v) is 5.88. The van der Waals surface area contributed by atoms with Crippen LogP contribution in [0.15, 0.2) is 24.3 Å². The molecule has 94 valence electrons. The lowest BCUT2D eigenvalue weighted by molar-refractivity contribution is -0.121. The minimum atomic E-state index is -0.648. The van der Waals surface area contributed by atoms with Crippen molar-refractivity contribution in [2.24, 2.45) is 0 Å². The van der Waals surface area contributed by atoms with Gasteiger partial charge in [-0.2, -0.15) is 5.26 Å². The molecule has 5 heteroatoms. The lowest BCUT2D eigenvalue weighted by Gasteiger charge is -2.12. The van der Waals surface area contributed by atoms with Crippen LogP contribution < -0.4 is 10.6 Å². The van der Waals surface area contributed by atoms with E-state index >= 15 is 0 Å². The number of nitriles is 1. The van der Waals surface area contributed by atoms with E-state index in [9.17, 15) is 9.18 Å². The smallest absolute Gasteiger partial charge is 0.223 e. The van der Waals surface area contributed by atoms with Gasteiger partial charge in [0, 0.05) is 11.7 Å². The number of nitrogens with zero attached hydrogens (tertiary/aromatic N) is 1. The van der Waals surface area contributed by atoms with Gasteiger partial charge in [-0.05, 0) is 31.0 Å². The third-order valence-corrected chi connectivity index (χ3v) is 2.65. The highest BCUT2D eigenvalue weighted by Gasteiger charge is 2.24. The Balaban J connectivity index is 1.88. The summed E-state index contributed by atoms with van der Waals surface area (Å²) in [6, 6.07) is 7.47. The Bertz CT molecular complexity index is 479. The maximum atomic E-state index is 13.0. The van der Waals surface area contributed by atoms with Gasteiger partial charge in [0.1, 0.15) is 11.9 Å². The molecular formula is C13H14FN3O. The molecule has 1 aromatic carbocycles. The van der Waals surface area contributed by atoms with Crippen molar-refractivity contribution < 1.29 is 9.18 Å². The van der Waals surface area contributed by atoms with E-state index in [-0.39, 0.29) is 24.2 Å². The van der Waals surface area contributed by atoms with Crippen LogP contribution in [0.2, 0.25) is 0 Å². The van der Waals surface area contributed by atoms with E-state index in [1.54, 1.807) is 12.1 Å². The second kappa shape index (κ2) is 5.50. The number of hydrogen-bond acceptors (Lipinski definition) is 3. The number of amides is 1. The zero-order valence-electron chi connectivity index (χ0n) is 9.82. The summed E-state index contributed by atoms with van der Waals surface area (Å²) >= 11 is 0. The normalized spacial score (nSPS) is 15.6. The van der Waals surface area contributed by atoms with E-state index in [4.69, 9.17) is 5.26 Å². The van der Waals surface area contributed by atoms with E-state index < -0.39 is 6.04 Å². The monoisotopic (exact) mass is 247 g/mol. The van der Waals surface area contributed by atoms with Crippen LogP contribution in [0.5, 0.6) is 0 Å². The van der Waals surface area contributed by atoms with E-state index in [0.29, 0.717) is 5.69 Å². The van der Waals surface area contributed by atoms with Crippen molar-refractivity contribution in [2.45, 2.75) is 31.3 Å². The Morgan fingerprint density at radius 3 is 2.94 bits per heavy atom. The predicted octanol–water partition coefficient (Wildman–Crippen LogP) is 1.80. The van der Waals surface area contributed by atoms with Crippen LogP contribution in [0, 0.1) is 17.1 Å². The second-order valence-corrected chi connectivity index (χ2v) is 4.38. The van der Waals surface area contributed by atoms with Crippen LogP contribution in [0.3, 0.4) is 0 Å². The molecule has 0 aromatic heterocycles. The Morgan fingerprint density at radius 2 is 2.33 bits per heavy atom. The fourth-order valence-corrected chi connectivity index (χ4v) is 1.61. The summed E-state index contributed by atoms with van der Waals surface area (Å²) in [6.45, 7) is 0. The summed E-state index contributed by atoms with van der Waals surface area (Å²) < 4.78 is 13.0. The van der Waals surface area contributed by atoms with Crippen molar-refractivity contribution in [3.63, 3.8) is 0 Å². The molecule has 1 unspecified atom stereocenters. The van der Waals surface area contributed by atoms with Crippen LogP contribution >= 0.6 is 0 Å². The first kappa shape index (κ1) is 12.4. The zero-order chi connectivity index (χ0) is 13.0. The molecule has 0 spiro atoms. The topological polar surface area (TPSA) is 64.9 Å². The van der Waals surface area contributed by atoms with Crippen LogP contribution in [-0.2, 0) is 4.79 Å². The number of carbonyl (C=O) groups is 1. The average molecular weight is 247 g/mol. The molecule has 18 heavy (non-hydrogen) atoms. The quantitative estimate of drug-likeness (QED) is 0.833. The van der Waals surface area contributed by atoms with Gasteiger partial charge in [-0.1, -0.05) is 6.07 Å². The lowest BCUT2D eigenvalue weighted by Crippen LogP contribution is -2.31. The van der Waals surface area contributed by atoms with E-state index in [0.717, 1.165) is 12.8 Å². The number of carbonyl (C=O) groups excluding carboxylic acids is 1. The molecule has 4 nitrogen and oxygen atoms in total. The molecule has 1 atom stereocenters. The highest BCUT2D eigenvalue weighted by atomic mass is 19.1. The Labute approximate surface area is 105 Å². The lowest BCUT2D eigenvalue weighted by atomic mass is 10.2. The molecule has 1 fully saturated rings. The maximum Gasteiger partial charge on any atom is 0.223 e. The number of nitrogens with one attached hydrogen (secondary N) is 2. The second-order valence-electron chi connectivity index (χ2n) is 4.38. The van der Waals surface area contributed by atoms with Gasteiger partial charge < -0.3 is 10.6 Å². The highest BCUT2D eigenvalue weighted by molar-refractivity contribution is 5.78. The number of benzene rings is 1. The highest BCUT2D eigenvalue weighted by Crippen LogP contribution is 2.19. The summed E-state index contributed by atoms with van der Waals surface area (Å²) in [5, 5.41) is 14.6. The summed E-state index contributed by atoms with van der Waals surface area (Å²) in [5.74, 6) is -0.521. The molecule has 1 aliphatic carbocycles. The third-order valence-electron chi connectivity index (χ3n) is 2.65. The summed E-state index contributed by atoms with van der Waals surface area (Å²) in [6.07, 6.45) is 2.10. The van der Waals surface area contributed by atoms with Crippen molar-refractivity contribution in [1.29, 1.82) is 5.26 Å². The van der Waals surface area contributed by atoms with Crippen molar-refractivity contribution in [3.05, 3.63) is 30.1 Å². The van der Waals surface area contributed by atoms with Gasteiger partial charge in [0.15, 0.2) is 0 Å². The summed E-state index contributed by atoms with van der Waals surface area (Å²) in [4.78, 5) is 11.5. The Morgan fingerprint density at radius 1 is 1.56 bits per heavy atom. The minimum Gasteiger partial charge on any atom is -0.369 e. The number of halogens is 1. The SMILES string of the molecule is N#CC(CC(=O)NC1CC1)Nc1cccc(F)c1. The number of hydrogen-bond donors (Lipinski definition) is 2. The van der Waals surface area contributed by atoms with Crippen LogP contribution in [0.1, 0.15) is 19.3 Å². The van der Waals surface area contributed by atoms with Crippen LogP contribution in [0.4, 0.5) is 10.1 Å². The largest absolute Gasteiger partial charge is 0.369 e. The van der Waals surface area contributed by atoms with Crippen LogP contribution in [0.25, 0.3) is 0 Å². The number of anilines is 1. The van der Waals surface area contributed by atoms with E-state index in [1.807, 2.05) is 6.07 Å². The molecule has 0 saturated heterocycles. The zero-order valence-corrected chi connectivity index (χ0v) is 9.82. The van der Waals surface area contributed by atoms with Gasteiger partial charge in [-0.3, -0.25) is 4.79 Å². The van der Waals surface area contributed by atoms with Gasteiger partial charge >= 0.3 is 0 Å². The molecule has 1 saturated carbocycles. The fourth-order valence-electron chi connectivity index (χ4n) is 1.61. The van der Waals surface area contributed by atoms with Crippen molar-refractivity contribution in [2.75, 3.05) is 5.32 Å². The van der Waals surface area contributed by atoms with E-state index in [1.165, 1.54) is 12.1 Å². The molecule has 1 amide bonds. The molecular weight excluding hydrogens is 233 g/mol. The van der Waals surface area contributed by atoms with Crippen molar-refractivity contribution >= 4 is 11.6 Å². The first-order valence-electron chi connectivity index (χ1n) is 5.88. The summed E-state index contributed by atoms with van der Waals surface area (Å²) in [5.41, 5.74) is 0.501. The Hall–Kier alpha value is -2.09. The standard InChI is InChI=1S/C13H14FN3O/c14-9-2-1-3-11(6-9)16-12(8-15)7-13(18)17-10-4-5-10/h1-3,6,10,12,16H,4-5,7H2,(H,17,18). The molecule has 0 bridgehead atoms. The maximum absolute atomic E-state index is 13.0. The van der Waals surface area contributed by atoms with Crippen molar-refractivity contribution in [3.8, 4) is 6.07 Å². The third kappa shape index (κ3) is 3.74. The van der Waals surface area contributed by atoms with Gasteiger partial charge in [-0.25, -0.2) is 4.39 Å². The van der Waals surface area contributed by atoms with Gasteiger partial charge in [0.05, 0.1) is 12.5 Å². The van der Waals surface area contributed by atoms with Crippen molar-refractivity contribution in [1.82, 2.24) is 5.32 Å². The van der Waals surface area contributed by atoms with E-state index in [2.05, 4.69) is 10.6 Å². The molecule has 1 aromatic rings. The molecule has 1 aliphatic rings. The van der Waals surface area contributed by atoms with Gasteiger partial charge in [-0.15, -0.1) is 0 Å². The van der Waals surface area contributed by atoms with Gasteiger partial charge in [0.2, 0.25) is 5.91 Å². The minimum absolute atomic E-state index is 0.0729. The first-order chi connectivity index (χ1) is 8.67. The predicted molar refractivity (Wildman–Crippen MR) is 65.2 cm³/mol. The number of rotatable bonds is 5. The molecule has 0 radical (unpaired) electrons. The molecule has 0 heterocycles. The average Bonchev–Trinajstić information content (AvgIpc) is 3.12.